The van der Waals surface area contributed by atoms with Crippen LogP contribution in [0.15, 0.2) is 40.7 Å². The van der Waals surface area contributed by atoms with Crippen LogP contribution in [0.2, 0.25) is 5.02 Å². The van der Waals surface area contributed by atoms with Gasteiger partial charge >= 0.3 is 0 Å². The van der Waals surface area contributed by atoms with E-state index in [1.807, 2.05) is 32.0 Å². The van der Waals surface area contributed by atoms with Crippen LogP contribution < -0.4 is 10.6 Å². The predicted molar refractivity (Wildman–Crippen MR) is 121 cm³/mol. The molecule has 0 unspecified atom stereocenters. The molecule has 9 nitrogen and oxygen atoms in total. The highest BCUT2D eigenvalue weighted by Gasteiger charge is 2.18. The van der Waals surface area contributed by atoms with Crippen LogP contribution in [-0.2, 0) is 4.79 Å². The molecule has 160 valence electrons. The number of carbonyl (C=O) groups is 2. The number of nitrogens with one attached hydrogen (secondary N) is 2. The van der Waals surface area contributed by atoms with Gasteiger partial charge < -0.3 is 5.32 Å². The Morgan fingerprint density at radius 1 is 1.16 bits per heavy atom. The number of nitro benzene ring substituents is 1. The van der Waals surface area contributed by atoms with Crippen LogP contribution in [0, 0.1) is 24.0 Å². The van der Waals surface area contributed by atoms with Gasteiger partial charge in [0.05, 0.1) is 10.7 Å². The van der Waals surface area contributed by atoms with Crippen LogP contribution in [0.3, 0.4) is 0 Å². The van der Waals surface area contributed by atoms with E-state index in [0.717, 1.165) is 34.2 Å². The van der Waals surface area contributed by atoms with Crippen molar-refractivity contribution in [2.24, 2.45) is 0 Å². The molecular formula is C19H16ClN5O4S2. The fraction of sp³-hybridized carbons (Fsp3) is 0.158. The number of anilines is 2. The van der Waals surface area contributed by atoms with Gasteiger partial charge in [0.15, 0.2) is 4.34 Å². The second kappa shape index (κ2) is 9.86. The summed E-state index contributed by atoms with van der Waals surface area (Å²) in [5, 5.41) is 24.3. The van der Waals surface area contributed by atoms with Gasteiger partial charge in [-0.15, -0.1) is 10.2 Å². The Morgan fingerprint density at radius 2 is 1.94 bits per heavy atom. The molecule has 0 saturated carbocycles. The van der Waals surface area contributed by atoms with Gasteiger partial charge in [-0.05, 0) is 43.2 Å². The molecule has 0 aliphatic rings. The quantitative estimate of drug-likeness (QED) is 0.218. The monoisotopic (exact) mass is 477 g/mol. The molecular weight excluding hydrogens is 462 g/mol. The predicted octanol–water partition coefficient (Wildman–Crippen LogP) is 4.70. The van der Waals surface area contributed by atoms with Gasteiger partial charge in [0.1, 0.15) is 5.02 Å². The van der Waals surface area contributed by atoms with E-state index in [1.54, 1.807) is 0 Å². The molecule has 31 heavy (non-hydrogen) atoms. The summed E-state index contributed by atoms with van der Waals surface area (Å²) in [5.74, 6) is -0.646. The van der Waals surface area contributed by atoms with Crippen LogP contribution in [0.5, 0.6) is 0 Å². The Kier molecular flexibility index (Phi) is 7.21. The number of hydrogen-bond donors (Lipinski definition) is 2. The molecule has 0 spiro atoms. The zero-order valence-electron chi connectivity index (χ0n) is 16.3. The molecule has 12 heteroatoms. The third kappa shape index (κ3) is 6.00. The number of rotatable bonds is 7. The second-order valence-electron chi connectivity index (χ2n) is 6.41. The summed E-state index contributed by atoms with van der Waals surface area (Å²) in [6, 6.07) is 9.55. The minimum atomic E-state index is -0.665. The number of aryl methyl sites for hydroxylation is 2. The number of benzene rings is 2. The van der Waals surface area contributed by atoms with Crippen LogP contribution >= 0.6 is 34.7 Å². The maximum absolute atomic E-state index is 12.3. The van der Waals surface area contributed by atoms with Crippen LogP contribution in [0.1, 0.15) is 21.5 Å². The smallest absolute Gasteiger partial charge is 0.288 e. The van der Waals surface area contributed by atoms with E-state index in [9.17, 15) is 19.7 Å². The number of nitrogens with zero attached hydrogens (tertiary/aromatic N) is 3. The Balaban J connectivity index is 1.57. The van der Waals surface area contributed by atoms with Crippen molar-refractivity contribution in [3.63, 3.8) is 0 Å². The number of amides is 2. The van der Waals surface area contributed by atoms with Crippen LogP contribution in [-0.4, -0.2) is 32.7 Å². The molecule has 0 saturated heterocycles. The second-order valence-corrected chi connectivity index (χ2v) is 9.01. The summed E-state index contributed by atoms with van der Waals surface area (Å²) in [6.45, 7) is 3.86. The molecule has 0 bridgehead atoms. The number of halogens is 1. The fourth-order valence-corrected chi connectivity index (χ4v) is 4.20. The van der Waals surface area contributed by atoms with Crippen molar-refractivity contribution in [1.82, 2.24) is 10.2 Å². The molecule has 0 radical (unpaired) electrons. The lowest BCUT2D eigenvalue weighted by molar-refractivity contribution is -0.384. The summed E-state index contributed by atoms with van der Waals surface area (Å²) in [5.41, 5.74) is 2.47. The van der Waals surface area contributed by atoms with Crippen molar-refractivity contribution in [3.05, 3.63) is 68.2 Å². The van der Waals surface area contributed by atoms with Gasteiger partial charge in [0.25, 0.3) is 11.6 Å². The topological polar surface area (TPSA) is 127 Å². The number of hydrogen-bond acceptors (Lipinski definition) is 8. The summed E-state index contributed by atoms with van der Waals surface area (Å²) in [4.78, 5) is 34.9. The van der Waals surface area contributed by atoms with E-state index < -0.39 is 10.8 Å². The number of nitro groups is 1. The van der Waals surface area contributed by atoms with Gasteiger partial charge in [-0.3, -0.25) is 25.0 Å². The Labute approximate surface area is 190 Å². The molecule has 2 amide bonds. The van der Waals surface area contributed by atoms with Gasteiger partial charge in [-0.25, -0.2) is 0 Å². The summed E-state index contributed by atoms with van der Waals surface area (Å²) >= 11 is 8.03. The third-order valence-electron chi connectivity index (χ3n) is 4.03. The molecule has 0 fully saturated rings. The first kappa shape index (κ1) is 22.7. The van der Waals surface area contributed by atoms with Gasteiger partial charge in [0.2, 0.25) is 11.0 Å². The molecule has 1 aromatic heterocycles. The first-order chi connectivity index (χ1) is 14.7. The lowest BCUT2D eigenvalue weighted by Gasteiger charge is -2.08. The molecule has 1 heterocycles. The maximum Gasteiger partial charge on any atom is 0.288 e. The third-order valence-corrected chi connectivity index (χ3v) is 6.32. The van der Waals surface area contributed by atoms with E-state index >= 15 is 0 Å². The molecule has 2 aromatic carbocycles. The number of aromatic nitrogens is 2. The van der Waals surface area contributed by atoms with Crippen molar-refractivity contribution in [2.45, 2.75) is 18.2 Å². The Hall–Kier alpha value is -3.02. The highest BCUT2D eigenvalue weighted by molar-refractivity contribution is 8.01. The Bertz CT molecular complexity index is 1170. The minimum Gasteiger partial charge on any atom is -0.325 e. The van der Waals surface area contributed by atoms with Crippen LogP contribution in [0.25, 0.3) is 0 Å². The number of carbonyl (C=O) groups excluding carboxylic acids is 2. The lowest BCUT2D eigenvalue weighted by atomic mass is 10.1. The van der Waals surface area contributed by atoms with Gasteiger partial charge in [0, 0.05) is 17.3 Å². The van der Waals surface area contributed by atoms with E-state index in [2.05, 4.69) is 20.8 Å². The summed E-state index contributed by atoms with van der Waals surface area (Å²) in [6.07, 6.45) is 0. The first-order valence-electron chi connectivity index (χ1n) is 8.81. The minimum absolute atomic E-state index is 0.0599. The van der Waals surface area contributed by atoms with Crippen molar-refractivity contribution in [2.75, 3.05) is 16.4 Å². The molecule has 0 atom stereocenters. The molecule has 3 rings (SSSR count). The molecule has 2 N–H and O–H groups in total. The largest absolute Gasteiger partial charge is 0.325 e. The molecule has 0 aliphatic carbocycles. The summed E-state index contributed by atoms with van der Waals surface area (Å²) < 4.78 is 0.494. The van der Waals surface area contributed by atoms with E-state index in [-0.39, 0.29) is 33.1 Å². The van der Waals surface area contributed by atoms with E-state index in [1.165, 1.54) is 23.9 Å². The van der Waals surface area contributed by atoms with Crippen molar-refractivity contribution in [1.29, 1.82) is 0 Å². The molecule has 3 aromatic rings. The standard InChI is InChI=1S/C19H16ClN5O4S2/c1-10-3-4-11(2)14(7-10)21-16(26)9-30-19-24-23-18(31-19)22-17(27)12-5-6-13(20)15(8-12)25(28)29/h3-8H,9H2,1-2H3,(H,21,26)(H,22,23,27). The fourth-order valence-electron chi connectivity index (χ4n) is 2.47. The highest BCUT2D eigenvalue weighted by Crippen LogP contribution is 2.28. The first-order valence-corrected chi connectivity index (χ1v) is 11.0. The number of thioether (sulfide) groups is 1. The zero-order chi connectivity index (χ0) is 22.5. The maximum atomic E-state index is 12.3. The van der Waals surface area contributed by atoms with E-state index in [0.29, 0.717) is 4.34 Å². The van der Waals surface area contributed by atoms with Gasteiger partial charge in [-0.1, -0.05) is 46.8 Å². The normalized spacial score (nSPS) is 10.5. The van der Waals surface area contributed by atoms with Gasteiger partial charge in [-0.2, -0.15) is 0 Å². The van der Waals surface area contributed by atoms with Crippen molar-refractivity contribution in [3.8, 4) is 0 Å². The van der Waals surface area contributed by atoms with Crippen molar-refractivity contribution < 1.29 is 14.5 Å². The van der Waals surface area contributed by atoms with E-state index in [4.69, 9.17) is 11.6 Å². The van der Waals surface area contributed by atoms with Crippen LogP contribution in [0.4, 0.5) is 16.5 Å². The molecule has 0 aliphatic heterocycles. The highest BCUT2D eigenvalue weighted by atomic mass is 35.5. The SMILES string of the molecule is Cc1ccc(C)c(NC(=O)CSc2nnc(NC(=O)c3ccc(Cl)c([N+](=O)[O-])c3)s2)c1. The average Bonchev–Trinajstić information content (AvgIpc) is 3.16. The summed E-state index contributed by atoms with van der Waals surface area (Å²) in [7, 11) is 0. The Morgan fingerprint density at radius 3 is 2.68 bits per heavy atom. The zero-order valence-corrected chi connectivity index (χ0v) is 18.7. The lowest BCUT2D eigenvalue weighted by Crippen LogP contribution is -2.14. The van der Waals surface area contributed by atoms with Crippen molar-refractivity contribution >= 4 is 63.0 Å². The average molecular weight is 478 g/mol.